The molecule has 1 N–H and O–H groups in total. The monoisotopic (exact) mass is 391 g/mol. The van der Waals surface area contributed by atoms with Crippen LogP contribution in [0, 0.1) is 0 Å². The van der Waals surface area contributed by atoms with Gasteiger partial charge in [0.2, 0.25) is 0 Å². The van der Waals surface area contributed by atoms with Crippen molar-refractivity contribution in [2.45, 2.75) is 13.3 Å². The number of hydrogen-bond acceptors (Lipinski definition) is 4. The summed E-state index contributed by atoms with van der Waals surface area (Å²) in [4.78, 5) is 23.8. The number of methoxy groups -OCH3 is 1. The van der Waals surface area contributed by atoms with Crippen LogP contribution < -0.4 is 10.1 Å². The van der Waals surface area contributed by atoms with Crippen molar-refractivity contribution >= 4 is 33.5 Å². The van der Waals surface area contributed by atoms with Crippen molar-refractivity contribution in [3.63, 3.8) is 0 Å². The second kappa shape index (κ2) is 8.49. The van der Waals surface area contributed by atoms with E-state index in [-0.39, 0.29) is 12.5 Å². The summed E-state index contributed by atoms with van der Waals surface area (Å²) in [5.74, 6) is -0.193. The van der Waals surface area contributed by atoms with Crippen molar-refractivity contribution in [2.24, 2.45) is 0 Å². The van der Waals surface area contributed by atoms with E-state index >= 15 is 0 Å². The van der Waals surface area contributed by atoms with Gasteiger partial charge in [-0.2, -0.15) is 0 Å². The molecule has 1 amide bonds. The summed E-state index contributed by atoms with van der Waals surface area (Å²) in [6.45, 7) is 1.87. The molecule has 0 aliphatic heterocycles. The maximum absolute atomic E-state index is 12.1. The number of rotatable bonds is 6. The van der Waals surface area contributed by atoms with E-state index in [1.807, 2.05) is 25.1 Å². The van der Waals surface area contributed by atoms with Gasteiger partial charge in [-0.05, 0) is 42.3 Å². The van der Waals surface area contributed by atoms with E-state index in [0.717, 1.165) is 16.5 Å². The Hall–Kier alpha value is -2.34. The topological polar surface area (TPSA) is 64.6 Å². The summed E-state index contributed by atoms with van der Waals surface area (Å²) >= 11 is 3.41. The summed E-state index contributed by atoms with van der Waals surface area (Å²) in [6.07, 6.45) is 0.793. The summed E-state index contributed by atoms with van der Waals surface area (Å²) in [7, 11) is 1.30. The molecule has 0 bridgehead atoms. The average molecular weight is 392 g/mol. The van der Waals surface area contributed by atoms with Crippen LogP contribution in [-0.2, 0) is 16.0 Å². The molecule has 0 aliphatic rings. The van der Waals surface area contributed by atoms with E-state index in [1.165, 1.54) is 7.11 Å². The number of esters is 1. The molecule has 0 atom stereocenters. The van der Waals surface area contributed by atoms with Crippen LogP contribution in [0.5, 0.6) is 5.75 Å². The van der Waals surface area contributed by atoms with Crippen LogP contribution >= 0.6 is 15.9 Å². The Morgan fingerprint density at radius 3 is 2.62 bits per heavy atom. The van der Waals surface area contributed by atoms with Gasteiger partial charge >= 0.3 is 5.97 Å². The lowest BCUT2D eigenvalue weighted by Gasteiger charge is -2.12. The lowest BCUT2D eigenvalue weighted by molar-refractivity contribution is -0.118. The third kappa shape index (κ3) is 4.58. The molecule has 0 saturated heterocycles. The number of carbonyl (C=O) groups excluding carboxylic acids is 2. The fourth-order valence-corrected chi connectivity index (χ4v) is 2.58. The van der Waals surface area contributed by atoms with Gasteiger partial charge in [0.25, 0.3) is 5.91 Å². The van der Waals surface area contributed by atoms with Crippen molar-refractivity contribution < 1.29 is 19.1 Å². The lowest BCUT2D eigenvalue weighted by atomic mass is 10.1. The normalized spacial score (nSPS) is 10.1. The summed E-state index contributed by atoms with van der Waals surface area (Å²) in [6, 6.07) is 12.3. The Morgan fingerprint density at radius 1 is 1.17 bits per heavy atom. The quantitative estimate of drug-likeness (QED) is 0.760. The number of amides is 1. The van der Waals surface area contributed by atoms with Gasteiger partial charge in [-0.3, -0.25) is 4.79 Å². The van der Waals surface area contributed by atoms with Gasteiger partial charge in [-0.25, -0.2) is 4.79 Å². The predicted octanol–water partition coefficient (Wildman–Crippen LogP) is 3.82. The molecular formula is C18H18BrNO4. The van der Waals surface area contributed by atoms with E-state index in [0.29, 0.717) is 17.0 Å². The molecule has 0 heterocycles. The van der Waals surface area contributed by atoms with Crippen molar-refractivity contribution in [3.05, 3.63) is 58.1 Å². The zero-order valence-corrected chi connectivity index (χ0v) is 15.1. The smallest absolute Gasteiger partial charge is 0.339 e. The number of halogens is 1. The minimum Gasteiger partial charge on any atom is -0.483 e. The van der Waals surface area contributed by atoms with Crippen molar-refractivity contribution in [3.8, 4) is 5.75 Å². The average Bonchev–Trinajstić information content (AvgIpc) is 2.60. The fourth-order valence-electron chi connectivity index (χ4n) is 2.17. The zero-order chi connectivity index (χ0) is 17.5. The molecule has 0 fully saturated rings. The Kier molecular flexibility index (Phi) is 6.37. The van der Waals surface area contributed by atoms with Gasteiger partial charge in [0.05, 0.1) is 18.4 Å². The molecule has 0 spiro atoms. The number of carbonyl (C=O) groups is 2. The molecule has 6 heteroatoms. The van der Waals surface area contributed by atoms with E-state index in [2.05, 4.69) is 21.2 Å². The Balaban J connectivity index is 2.03. The summed E-state index contributed by atoms with van der Waals surface area (Å²) in [5.41, 5.74) is 1.70. The largest absolute Gasteiger partial charge is 0.483 e. The van der Waals surface area contributed by atoms with E-state index in [1.54, 1.807) is 24.3 Å². The number of aryl methyl sites for hydroxylation is 1. The van der Waals surface area contributed by atoms with E-state index in [9.17, 15) is 9.59 Å². The van der Waals surface area contributed by atoms with Gasteiger partial charge < -0.3 is 14.8 Å². The highest BCUT2D eigenvalue weighted by Gasteiger charge is 2.14. The van der Waals surface area contributed by atoms with Crippen molar-refractivity contribution in [1.82, 2.24) is 0 Å². The maximum Gasteiger partial charge on any atom is 0.339 e. The third-order valence-electron chi connectivity index (χ3n) is 3.37. The van der Waals surface area contributed by atoms with E-state index < -0.39 is 5.97 Å². The van der Waals surface area contributed by atoms with Crippen LogP contribution in [0.1, 0.15) is 22.8 Å². The first-order valence-corrected chi connectivity index (χ1v) is 8.22. The van der Waals surface area contributed by atoms with Gasteiger partial charge in [0, 0.05) is 4.47 Å². The van der Waals surface area contributed by atoms with Crippen molar-refractivity contribution in [1.29, 1.82) is 0 Å². The number of para-hydroxylation sites is 1. The minimum atomic E-state index is -0.506. The Bertz CT molecular complexity index is 746. The number of ether oxygens (including phenoxy) is 2. The minimum absolute atomic E-state index is 0.149. The molecule has 2 aromatic rings. The van der Waals surface area contributed by atoms with Crippen LogP contribution in [0.4, 0.5) is 5.69 Å². The Morgan fingerprint density at radius 2 is 1.92 bits per heavy atom. The number of nitrogens with one attached hydrogen (secondary N) is 1. The molecule has 24 heavy (non-hydrogen) atoms. The van der Waals surface area contributed by atoms with E-state index in [4.69, 9.17) is 9.47 Å². The van der Waals surface area contributed by atoms with Crippen LogP contribution in [-0.4, -0.2) is 25.6 Å². The predicted molar refractivity (Wildman–Crippen MR) is 95.4 cm³/mol. The van der Waals surface area contributed by atoms with Gasteiger partial charge in [0.15, 0.2) is 6.61 Å². The van der Waals surface area contributed by atoms with Crippen LogP contribution in [0.2, 0.25) is 0 Å². The number of hydrogen-bond donors (Lipinski definition) is 1. The first-order valence-electron chi connectivity index (χ1n) is 7.43. The maximum atomic E-state index is 12.1. The number of benzene rings is 2. The van der Waals surface area contributed by atoms with Crippen LogP contribution in [0.3, 0.4) is 0 Å². The molecule has 0 aliphatic carbocycles. The second-order valence-corrected chi connectivity index (χ2v) is 5.90. The standard InChI is InChI=1S/C18H18BrNO4/c1-3-12-10-13(19)8-9-16(12)24-11-17(21)20-15-7-5-4-6-14(15)18(22)23-2/h4-10H,3,11H2,1-2H3,(H,20,21). The van der Waals surface area contributed by atoms with Crippen molar-refractivity contribution in [2.75, 3.05) is 19.0 Å². The highest BCUT2D eigenvalue weighted by atomic mass is 79.9. The molecule has 5 nitrogen and oxygen atoms in total. The van der Waals surface area contributed by atoms with Gasteiger partial charge in [0.1, 0.15) is 5.75 Å². The summed E-state index contributed by atoms with van der Waals surface area (Å²) < 4.78 is 11.3. The molecule has 0 radical (unpaired) electrons. The first kappa shape index (κ1) is 18.0. The molecule has 2 aromatic carbocycles. The first-order chi connectivity index (χ1) is 11.5. The van der Waals surface area contributed by atoms with Crippen LogP contribution in [0.15, 0.2) is 46.9 Å². The highest BCUT2D eigenvalue weighted by molar-refractivity contribution is 9.10. The SMILES string of the molecule is CCc1cc(Br)ccc1OCC(=O)Nc1ccccc1C(=O)OC. The second-order valence-electron chi connectivity index (χ2n) is 4.98. The molecule has 2 rings (SSSR count). The zero-order valence-electron chi connectivity index (χ0n) is 13.5. The third-order valence-corrected chi connectivity index (χ3v) is 3.86. The van der Waals surface area contributed by atoms with Gasteiger partial charge in [-0.15, -0.1) is 0 Å². The molecular weight excluding hydrogens is 374 g/mol. The molecule has 0 saturated carbocycles. The summed E-state index contributed by atoms with van der Waals surface area (Å²) in [5, 5.41) is 2.67. The fraction of sp³-hybridized carbons (Fsp3) is 0.222. The van der Waals surface area contributed by atoms with Crippen LogP contribution in [0.25, 0.3) is 0 Å². The molecule has 0 unspecified atom stereocenters. The number of anilines is 1. The Labute approximate surface area is 149 Å². The highest BCUT2D eigenvalue weighted by Crippen LogP contribution is 2.24. The molecule has 126 valence electrons. The molecule has 0 aromatic heterocycles. The van der Waals surface area contributed by atoms with Gasteiger partial charge in [-0.1, -0.05) is 35.0 Å². The lowest BCUT2D eigenvalue weighted by Crippen LogP contribution is -2.22.